The van der Waals surface area contributed by atoms with Crippen LogP contribution in [-0.4, -0.2) is 8.42 Å². The van der Waals surface area contributed by atoms with Crippen molar-refractivity contribution in [3.8, 4) is 0 Å². The average Bonchev–Trinajstić information content (AvgIpc) is 3.43. The molecule has 0 saturated carbocycles. The fourth-order valence-corrected chi connectivity index (χ4v) is 8.06. The Morgan fingerprint density at radius 1 is 0.676 bits per heavy atom. The van der Waals surface area contributed by atoms with Crippen molar-refractivity contribution in [2.45, 2.75) is 49.2 Å². The molecule has 6 rings (SSSR count). The predicted molar refractivity (Wildman–Crippen MR) is 147 cm³/mol. The number of fused-ring (bicyclic) bond motifs is 5. The van der Waals surface area contributed by atoms with E-state index in [1.54, 1.807) is 12.1 Å². The van der Waals surface area contributed by atoms with Gasteiger partial charge < -0.3 is 4.74 Å². The first-order valence-electron chi connectivity index (χ1n) is 12.9. The lowest BCUT2D eigenvalue weighted by atomic mass is 9.71. The molecular formula is C33H30O3S. The Balaban J connectivity index is 1.77. The lowest BCUT2D eigenvalue weighted by Gasteiger charge is -2.32. The number of unbranched alkanes of at least 4 members (excludes halogenated alkanes) is 1. The third-order valence-corrected chi connectivity index (χ3v) is 9.72. The molecule has 0 amide bonds. The van der Waals surface area contributed by atoms with Crippen LogP contribution in [0, 0.1) is 6.92 Å². The van der Waals surface area contributed by atoms with Gasteiger partial charge in [0, 0.05) is 5.56 Å². The van der Waals surface area contributed by atoms with Gasteiger partial charge in [-0.15, -0.1) is 0 Å². The van der Waals surface area contributed by atoms with Gasteiger partial charge in [0.1, 0.15) is 5.60 Å². The maximum absolute atomic E-state index is 14.7. The van der Waals surface area contributed by atoms with Crippen molar-refractivity contribution in [3.63, 3.8) is 0 Å². The Morgan fingerprint density at radius 2 is 1.19 bits per heavy atom. The van der Waals surface area contributed by atoms with Gasteiger partial charge in [-0.2, -0.15) is 0 Å². The molecule has 0 saturated heterocycles. The number of sulfone groups is 1. The summed E-state index contributed by atoms with van der Waals surface area (Å²) in [6, 6.07) is 35.3. The molecule has 186 valence electrons. The molecule has 0 aromatic heterocycles. The smallest absolute Gasteiger partial charge is 0.206 e. The molecule has 0 fully saturated rings. The number of ether oxygens (including phenoxy) is 1. The SMILES string of the molecule is CCCCC1=C(S(=O)(=O)c2ccc(C)cc2)[C@@]2(c3ccccc3)O[C@]1(c1ccccc1)c1ccccc12. The second-order valence-electron chi connectivity index (χ2n) is 9.97. The Hall–Kier alpha value is -3.47. The van der Waals surface area contributed by atoms with Crippen molar-refractivity contribution in [2.24, 2.45) is 0 Å². The highest BCUT2D eigenvalue weighted by Gasteiger charge is 2.67. The summed E-state index contributed by atoms with van der Waals surface area (Å²) in [6.45, 7) is 4.11. The molecule has 2 atom stereocenters. The minimum Gasteiger partial charge on any atom is -0.340 e. The summed E-state index contributed by atoms with van der Waals surface area (Å²) in [7, 11) is -3.91. The summed E-state index contributed by atoms with van der Waals surface area (Å²) in [5, 5.41) is 0. The molecule has 37 heavy (non-hydrogen) atoms. The molecule has 4 aromatic rings. The van der Waals surface area contributed by atoms with E-state index in [2.05, 4.69) is 25.1 Å². The third kappa shape index (κ3) is 3.32. The first-order chi connectivity index (χ1) is 18.0. The van der Waals surface area contributed by atoms with E-state index in [4.69, 9.17) is 4.74 Å². The minimum atomic E-state index is -3.91. The van der Waals surface area contributed by atoms with E-state index in [1.807, 2.05) is 85.8 Å². The zero-order chi connectivity index (χ0) is 25.7. The molecule has 4 aromatic carbocycles. The first kappa shape index (κ1) is 23.9. The van der Waals surface area contributed by atoms with E-state index in [-0.39, 0.29) is 0 Å². The molecule has 2 aliphatic heterocycles. The minimum absolute atomic E-state index is 0.300. The predicted octanol–water partition coefficient (Wildman–Crippen LogP) is 7.44. The van der Waals surface area contributed by atoms with Gasteiger partial charge in [-0.05, 0) is 54.2 Å². The molecule has 2 bridgehead atoms. The third-order valence-electron chi connectivity index (χ3n) is 7.75. The van der Waals surface area contributed by atoms with Crippen LogP contribution in [0.1, 0.15) is 54.0 Å². The number of benzene rings is 4. The standard InChI is InChI=1S/C33H30O3S/c1-3-4-17-30-31(37(34,35)27-22-20-24(2)21-23-27)33(26-15-9-6-10-16-26)29-19-12-11-18-28(29)32(30,36-33)25-13-7-5-8-14-25/h5-16,18-23H,3-4,17H2,1-2H3/t32-,33+/m1/s1. The molecule has 0 radical (unpaired) electrons. The van der Waals surface area contributed by atoms with Crippen LogP contribution in [0.3, 0.4) is 0 Å². The average molecular weight is 507 g/mol. The molecule has 2 heterocycles. The molecule has 0 unspecified atom stereocenters. The fourth-order valence-electron chi connectivity index (χ4n) is 6.11. The Labute approximate surface area is 219 Å². The molecule has 3 nitrogen and oxygen atoms in total. The van der Waals surface area contributed by atoms with Gasteiger partial charge in [-0.1, -0.05) is 116 Å². The maximum Gasteiger partial charge on any atom is 0.206 e. The quantitative estimate of drug-likeness (QED) is 0.262. The van der Waals surface area contributed by atoms with Gasteiger partial charge in [0.15, 0.2) is 5.60 Å². The maximum atomic E-state index is 14.7. The van der Waals surface area contributed by atoms with Crippen molar-refractivity contribution in [3.05, 3.63) is 147 Å². The monoisotopic (exact) mass is 506 g/mol. The number of aryl methyl sites for hydroxylation is 1. The fraction of sp³-hybridized carbons (Fsp3) is 0.212. The van der Waals surface area contributed by atoms with Gasteiger partial charge in [0.2, 0.25) is 9.84 Å². The topological polar surface area (TPSA) is 43.4 Å². The highest BCUT2D eigenvalue weighted by Crippen LogP contribution is 2.68. The Bertz CT molecular complexity index is 1590. The lowest BCUT2D eigenvalue weighted by molar-refractivity contribution is -0.0309. The van der Waals surface area contributed by atoms with Crippen LogP contribution in [0.4, 0.5) is 0 Å². The Morgan fingerprint density at radius 3 is 1.76 bits per heavy atom. The van der Waals surface area contributed by atoms with E-state index in [1.165, 1.54) is 0 Å². The normalized spacial score (nSPS) is 22.3. The van der Waals surface area contributed by atoms with E-state index in [9.17, 15) is 8.42 Å². The zero-order valence-electron chi connectivity index (χ0n) is 21.1. The van der Waals surface area contributed by atoms with Crippen LogP contribution in [-0.2, 0) is 25.8 Å². The molecule has 4 heteroatoms. The molecule has 0 N–H and O–H groups in total. The second-order valence-corrected chi connectivity index (χ2v) is 11.9. The molecule has 2 aliphatic rings. The van der Waals surface area contributed by atoms with Gasteiger partial charge in [-0.3, -0.25) is 0 Å². The lowest BCUT2D eigenvalue weighted by Crippen LogP contribution is -2.32. The van der Waals surface area contributed by atoms with Gasteiger partial charge in [0.05, 0.1) is 9.80 Å². The first-order valence-corrected chi connectivity index (χ1v) is 14.4. The highest BCUT2D eigenvalue weighted by atomic mass is 32.2. The van der Waals surface area contributed by atoms with Gasteiger partial charge in [0.25, 0.3) is 0 Å². The van der Waals surface area contributed by atoms with E-state index < -0.39 is 21.0 Å². The van der Waals surface area contributed by atoms with Crippen molar-refractivity contribution in [1.29, 1.82) is 0 Å². The van der Waals surface area contributed by atoms with E-state index in [0.29, 0.717) is 16.2 Å². The van der Waals surface area contributed by atoms with Crippen molar-refractivity contribution in [2.75, 3.05) is 0 Å². The summed E-state index contributed by atoms with van der Waals surface area (Å²) in [5.41, 5.74) is 3.37. The molecule has 0 aliphatic carbocycles. The number of rotatable bonds is 7. The van der Waals surface area contributed by atoms with E-state index in [0.717, 1.165) is 46.2 Å². The van der Waals surface area contributed by atoms with Crippen LogP contribution in [0.25, 0.3) is 0 Å². The molecular weight excluding hydrogens is 476 g/mol. The van der Waals surface area contributed by atoms with E-state index >= 15 is 0 Å². The Kier molecular flexibility index (Phi) is 5.70. The summed E-state index contributed by atoms with van der Waals surface area (Å²) < 4.78 is 36.8. The number of hydrogen-bond acceptors (Lipinski definition) is 3. The molecule has 0 spiro atoms. The van der Waals surface area contributed by atoms with Crippen molar-refractivity contribution in [1.82, 2.24) is 0 Å². The van der Waals surface area contributed by atoms with Crippen molar-refractivity contribution >= 4 is 9.84 Å². The van der Waals surface area contributed by atoms with Gasteiger partial charge >= 0.3 is 0 Å². The van der Waals surface area contributed by atoms with Crippen LogP contribution in [0.2, 0.25) is 0 Å². The van der Waals surface area contributed by atoms with Crippen LogP contribution >= 0.6 is 0 Å². The highest BCUT2D eigenvalue weighted by molar-refractivity contribution is 7.95. The zero-order valence-corrected chi connectivity index (χ0v) is 22.0. The second kappa shape index (κ2) is 8.83. The van der Waals surface area contributed by atoms with Crippen LogP contribution < -0.4 is 0 Å². The van der Waals surface area contributed by atoms with Crippen LogP contribution in [0.5, 0.6) is 0 Å². The van der Waals surface area contributed by atoms with Crippen LogP contribution in [0.15, 0.2) is 125 Å². The summed E-state index contributed by atoms with van der Waals surface area (Å²) >= 11 is 0. The summed E-state index contributed by atoms with van der Waals surface area (Å²) in [4.78, 5) is 0.681. The van der Waals surface area contributed by atoms with Crippen molar-refractivity contribution < 1.29 is 13.2 Å². The summed E-state index contributed by atoms with van der Waals surface area (Å²) in [6.07, 6.45) is 2.45. The summed E-state index contributed by atoms with van der Waals surface area (Å²) in [5.74, 6) is 0. The number of hydrogen-bond donors (Lipinski definition) is 0. The largest absolute Gasteiger partial charge is 0.340 e. The van der Waals surface area contributed by atoms with Gasteiger partial charge in [-0.25, -0.2) is 8.42 Å².